The Morgan fingerprint density at radius 1 is 1.33 bits per heavy atom. The molecule has 9 heteroatoms. The molecule has 0 aromatic heterocycles. The lowest BCUT2D eigenvalue weighted by atomic mass is 9.97. The van der Waals surface area contributed by atoms with Gasteiger partial charge in [-0.1, -0.05) is 35.4 Å². The fraction of sp³-hybridized carbons (Fsp3) is 0.533. The molecule has 0 spiro atoms. The number of hydrogen-bond donors (Lipinski definition) is 0. The molecule has 1 atom stereocenters. The Labute approximate surface area is 137 Å². The van der Waals surface area contributed by atoms with Crippen molar-refractivity contribution in [1.82, 2.24) is 5.06 Å². The number of carbonyl (C=O) groups is 1. The normalized spacial score (nSPS) is 13.6. The van der Waals surface area contributed by atoms with E-state index in [1.165, 1.54) is 31.2 Å². The lowest BCUT2D eigenvalue weighted by Crippen LogP contribution is -2.50. The van der Waals surface area contributed by atoms with Gasteiger partial charge in [0, 0.05) is 25.2 Å². The number of benzene rings is 1. The van der Waals surface area contributed by atoms with E-state index < -0.39 is 34.9 Å². The van der Waals surface area contributed by atoms with Crippen LogP contribution in [-0.4, -0.2) is 34.1 Å². The third-order valence-electron chi connectivity index (χ3n) is 3.48. The Bertz CT molecular complexity index is 580. The summed E-state index contributed by atoms with van der Waals surface area (Å²) in [6.07, 6.45) is -1.23. The van der Waals surface area contributed by atoms with Crippen molar-refractivity contribution < 1.29 is 28.4 Å². The molecule has 1 aromatic carbocycles. The zero-order valence-corrected chi connectivity index (χ0v) is 13.6. The average Bonchev–Trinajstić information content (AvgIpc) is 2.52. The number of carbonyl (C=O) groups excluding carboxylic acids is 1. The maximum Gasteiger partial charge on any atom is 0.377 e. The second-order valence-electron chi connectivity index (χ2n) is 5.63. The third-order valence-corrected chi connectivity index (χ3v) is 3.48. The van der Waals surface area contributed by atoms with Gasteiger partial charge in [0.2, 0.25) is 0 Å². The molecule has 0 saturated heterocycles. The quantitative estimate of drug-likeness (QED) is 0.312. The van der Waals surface area contributed by atoms with Crippen molar-refractivity contribution in [3.63, 3.8) is 0 Å². The van der Waals surface area contributed by atoms with E-state index in [2.05, 4.69) is 4.74 Å². The van der Waals surface area contributed by atoms with Crippen molar-refractivity contribution in [2.45, 2.75) is 44.8 Å². The van der Waals surface area contributed by atoms with Crippen LogP contribution in [0.25, 0.3) is 0 Å². The number of hydrogen-bond acceptors (Lipinski definition) is 5. The highest BCUT2D eigenvalue weighted by Gasteiger charge is 2.50. The van der Waals surface area contributed by atoms with E-state index in [0.29, 0.717) is 0 Å². The zero-order chi connectivity index (χ0) is 18.5. The summed E-state index contributed by atoms with van der Waals surface area (Å²) in [5.41, 5.74) is -2.00. The molecule has 0 bridgehead atoms. The van der Waals surface area contributed by atoms with E-state index in [4.69, 9.17) is 0 Å². The Kier molecular flexibility index (Phi) is 6.33. The number of nitrogens with zero attached hydrogens (tertiary/aromatic N) is 2. The maximum absolute atomic E-state index is 14.1. The number of rotatable bonds is 8. The fourth-order valence-corrected chi connectivity index (χ4v) is 2.04. The van der Waals surface area contributed by atoms with Crippen LogP contribution in [0.15, 0.2) is 30.3 Å². The minimum Gasteiger partial charge on any atom is -0.462 e. The van der Waals surface area contributed by atoms with E-state index in [1.807, 2.05) is 0 Å². The zero-order valence-electron chi connectivity index (χ0n) is 13.6. The Morgan fingerprint density at radius 3 is 2.33 bits per heavy atom. The molecule has 0 aliphatic carbocycles. The van der Waals surface area contributed by atoms with Gasteiger partial charge in [0.1, 0.15) is 0 Å². The van der Waals surface area contributed by atoms with Gasteiger partial charge in [-0.3, -0.25) is 10.1 Å². The van der Waals surface area contributed by atoms with Crippen molar-refractivity contribution in [2.75, 3.05) is 6.61 Å². The molecular formula is C15H19F2N2O5. The van der Waals surface area contributed by atoms with E-state index in [9.17, 15) is 28.9 Å². The highest BCUT2D eigenvalue weighted by atomic mass is 19.3. The van der Waals surface area contributed by atoms with Crippen LogP contribution < -0.4 is 0 Å². The summed E-state index contributed by atoms with van der Waals surface area (Å²) in [6, 6.07) is 5.83. The van der Waals surface area contributed by atoms with Crippen LogP contribution in [0.3, 0.4) is 0 Å². The van der Waals surface area contributed by atoms with Gasteiger partial charge in [-0.25, -0.2) is 4.79 Å². The van der Waals surface area contributed by atoms with E-state index in [-0.39, 0.29) is 17.2 Å². The lowest BCUT2D eigenvalue weighted by molar-refractivity contribution is -0.625. The van der Waals surface area contributed by atoms with Crippen molar-refractivity contribution in [3.8, 4) is 0 Å². The summed E-state index contributed by atoms with van der Waals surface area (Å²) in [6.45, 7) is 3.15. The summed E-state index contributed by atoms with van der Waals surface area (Å²) >= 11 is 0. The van der Waals surface area contributed by atoms with Gasteiger partial charge in [-0.05, 0) is 12.5 Å². The van der Waals surface area contributed by atoms with Crippen molar-refractivity contribution in [1.29, 1.82) is 0 Å². The molecule has 0 amide bonds. The minimum atomic E-state index is -3.95. The van der Waals surface area contributed by atoms with Crippen LogP contribution in [0.5, 0.6) is 0 Å². The second-order valence-corrected chi connectivity index (χ2v) is 5.63. The van der Waals surface area contributed by atoms with Crippen LogP contribution in [-0.2, 0) is 14.7 Å². The molecule has 7 nitrogen and oxygen atoms in total. The smallest absolute Gasteiger partial charge is 0.377 e. The number of esters is 1. The number of halogens is 2. The average molecular weight is 345 g/mol. The molecular weight excluding hydrogens is 326 g/mol. The van der Waals surface area contributed by atoms with Gasteiger partial charge in [-0.15, -0.1) is 5.21 Å². The van der Waals surface area contributed by atoms with Gasteiger partial charge in [-0.2, -0.15) is 8.78 Å². The lowest BCUT2D eigenvalue weighted by Gasteiger charge is -2.32. The van der Waals surface area contributed by atoms with Crippen molar-refractivity contribution in [3.05, 3.63) is 46.0 Å². The van der Waals surface area contributed by atoms with E-state index in [1.54, 1.807) is 6.07 Å². The van der Waals surface area contributed by atoms with Crippen molar-refractivity contribution in [2.24, 2.45) is 0 Å². The largest absolute Gasteiger partial charge is 0.462 e. The van der Waals surface area contributed by atoms with Gasteiger partial charge in [0.05, 0.1) is 12.6 Å². The molecule has 133 valence electrons. The summed E-state index contributed by atoms with van der Waals surface area (Å²) in [5, 5.41) is 23.5. The first-order chi connectivity index (χ1) is 11.0. The van der Waals surface area contributed by atoms with Crippen LogP contribution in [0, 0.1) is 10.1 Å². The molecule has 1 radical (unpaired) electrons. The third kappa shape index (κ3) is 4.45. The predicted octanol–water partition coefficient (Wildman–Crippen LogP) is 2.98. The summed E-state index contributed by atoms with van der Waals surface area (Å²) in [5.74, 6) is -5.72. The van der Waals surface area contributed by atoms with Gasteiger partial charge < -0.3 is 4.74 Å². The van der Waals surface area contributed by atoms with Crippen molar-refractivity contribution >= 4 is 5.97 Å². The Balaban J connectivity index is 3.21. The Morgan fingerprint density at radius 2 is 1.88 bits per heavy atom. The summed E-state index contributed by atoms with van der Waals surface area (Å²) < 4.78 is 32.5. The van der Waals surface area contributed by atoms with E-state index >= 15 is 0 Å². The molecule has 0 unspecified atom stereocenters. The first kappa shape index (κ1) is 19.9. The molecule has 0 heterocycles. The van der Waals surface area contributed by atoms with Gasteiger partial charge in [0.15, 0.2) is 0 Å². The topological polar surface area (TPSA) is 92.6 Å². The van der Waals surface area contributed by atoms with Crippen LogP contribution >= 0.6 is 0 Å². The molecule has 1 rings (SSSR count). The van der Waals surface area contributed by atoms with Crippen LogP contribution in [0.1, 0.15) is 38.8 Å². The van der Waals surface area contributed by atoms with Crippen LogP contribution in [0.2, 0.25) is 0 Å². The van der Waals surface area contributed by atoms with Gasteiger partial charge >= 0.3 is 11.9 Å². The first-order valence-electron chi connectivity index (χ1n) is 7.25. The molecule has 24 heavy (non-hydrogen) atoms. The standard InChI is InChI=1S/C15H19F2N2O5/c1-4-24-13(20)15(16,17)10-12(11-8-6-5-7-9-11)18(21)14(2,3)19(22)23/h5-9,12H,4,10H2,1-3H3/t12-/m0/s1. The summed E-state index contributed by atoms with van der Waals surface area (Å²) in [4.78, 5) is 21.6. The highest BCUT2D eigenvalue weighted by Crippen LogP contribution is 2.36. The Hall–Kier alpha value is -2.13. The van der Waals surface area contributed by atoms with Crippen LogP contribution in [0.4, 0.5) is 8.78 Å². The predicted molar refractivity (Wildman–Crippen MR) is 79.0 cm³/mol. The number of hydroxylamine groups is 2. The molecule has 1 aromatic rings. The molecule has 0 saturated carbocycles. The maximum atomic E-state index is 14.1. The first-order valence-corrected chi connectivity index (χ1v) is 7.25. The molecule has 0 N–H and O–H groups in total. The number of ether oxygens (including phenoxy) is 1. The SMILES string of the molecule is CCOC(=O)C(F)(F)C[C@@H](c1ccccc1)N([O])C(C)(C)[N+](=O)[O-]. The number of nitro groups is 1. The molecule has 0 fully saturated rings. The second kappa shape index (κ2) is 7.63. The van der Waals surface area contributed by atoms with Gasteiger partial charge in [0.25, 0.3) is 5.66 Å². The minimum absolute atomic E-state index is 0.0184. The fourth-order valence-electron chi connectivity index (χ4n) is 2.04. The van der Waals surface area contributed by atoms with E-state index in [0.717, 1.165) is 13.8 Å². The number of alkyl halides is 2. The molecule has 0 aliphatic heterocycles. The summed E-state index contributed by atoms with van der Waals surface area (Å²) in [7, 11) is 0. The highest BCUT2D eigenvalue weighted by molar-refractivity contribution is 5.77. The monoisotopic (exact) mass is 345 g/mol. The molecule has 0 aliphatic rings.